The molecule has 0 spiro atoms. The summed E-state index contributed by atoms with van der Waals surface area (Å²) in [6, 6.07) is 8.14. The van der Waals surface area contributed by atoms with Crippen molar-refractivity contribution in [3.63, 3.8) is 0 Å². The molecule has 0 aromatic heterocycles. The number of hydrogen-bond acceptors (Lipinski definition) is 4. The summed E-state index contributed by atoms with van der Waals surface area (Å²) in [5.74, 6) is 1.51. The molecule has 1 aromatic carbocycles. The van der Waals surface area contributed by atoms with Gasteiger partial charge in [-0.15, -0.1) is 11.8 Å². The molecule has 2 rings (SSSR count). The second-order valence-corrected chi connectivity index (χ2v) is 5.66. The Hall–Kier alpha value is -1.20. The largest absolute Gasteiger partial charge is 0.497 e. The maximum absolute atomic E-state index is 12.1. The monoisotopic (exact) mass is 280 g/mol. The fraction of sp³-hybridized carbons (Fsp3) is 0.500. The van der Waals surface area contributed by atoms with Crippen LogP contribution in [0, 0.1) is 0 Å². The van der Waals surface area contributed by atoms with Gasteiger partial charge in [-0.2, -0.15) is 0 Å². The second-order valence-electron chi connectivity index (χ2n) is 4.62. The van der Waals surface area contributed by atoms with Crippen LogP contribution in [0.4, 0.5) is 0 Å². The van der Waals surface area contributed by atoms with E-state index in [0.29, 0.717) is 11.8 Å². The van der Waals surface area contributed by atoms with Crippen molar-refractivity contribution in [2.45, 2.75) is 17.4 Å². The van der Waals surface area contributed by atoms with E-state index in [1.165, 1.54) is 0 Å². The zero-order chi connectivity index (χ0) is 13.7. The Balaban J connectivity index is 1.81. The summed E-state index contributed by atoms with van der Waals surface area (Å²) < 4.78 is 5.11. The van der Waals surface area contributed by atoms with E-state index in [0.717, 1.165) is 30.2 Å². The van der Waals surface area contributed by atoms with Gasteiger partial charge in [0.25, 0.3) is 0 Å². The zero-order valence-electron chi connectivity index (χ0n) is 11.4. The van der Waals surface area contributed by atoms with Crippen molar-refractivity contribution in [2.24, 2.45) is 0 Å². The molecule has 0 radical (unpaired) electrons. The third kappa shape index (κ3) is 3.88. The quantitative estimate of drug-likeness (QED) is 0.832. The lowest BCUT2D eigenvalue weighted by Gasteiger charge is -2.23. The molecule has 104 valence electrons. The molecule has 1 aromatic rings. The van der Waals surface area contributed by atoms with Crippen molar-refractivity contribution in [3.05, 3.63) is 24.3 Å². The fourth-order valence-corrected chi connectivity index (χ4v) is 2.91. The highest BCUT2D eigenvalue weighted by Crippen LogP contribution is 2.22. The minimum atomic E-state index is 0.189. The highest BCUT2D eigenvalue weighted by Gasteiger charge is 2.22. The van der Waals surface area contributed by atoms with Crippen molar-refractivity contribution in [1.29, 1.82) is 0 Å². The number of carbonyl (C=O) groups is 1. The number of carbonyl (C=O) groups excluding carboxylic acids is 1. The number of benzene rings is 1. The van der Waals surface area contributed by atoms with Crippen LogP contribution in [0.15, 0.2) is 29.2 Å². The van der Waals surface area contributed by atoms with Crippen molar-refractivity contribution < 1.29 is 9.53 Å². The van der Waals surface area contributed by atoms with Gasteiger partial charge in [0, 0.05) is 24.5 Å². The number of amides is 1. The molecular weight excluding hydrogens is 260 g/mol. The molecule has 5 heteroatoms. The van der Waals surface area contributed by atoms with Crippen LogP contribution in [0.3, 0.4) is 0 Å². The number of hydrogen-bond donors (Lipinski definition) is 1. The van der Waals surface area contributed by atoms with E-state index < -0.39 is 0 Å². The smallest absolute Gasteiger partial charge is 0.232 e. The molecule has 0 saturated carbocycles. The summed E-state index contributed by atoms with van der Waals surface area (Å²) in [5, 5.41) is 3.28. The van der Waals surface area contributed by atoms with Crippen LogP contribution < -0.4 is 10.1 Å². The number of likely N-dealkylation sites (N-methyl/N-ethyl adjacent to an activating group) is 1. The number of methoxy groups -OCH3 is 1. The Morgan fingerprint density at radius 1 is 1.47 bits per heavy atom. The lowest BCUT2D eigenvalue weighted by Crippen LogP contribution is -2.39. The predicted octanol–water partition coefficient (Wildman–Crippen LogP) is 1.61. The highest BCUT2D eigenvalue weighted by atomic mass is 32.2. The standard InChI is InChI=1S/C14H20N2O2S/c1-16(11-7-8-15-9-11)14(17)10-19-13-5-3-12(18-2)4-6-13/h3-6,11,15H,7-10H2,1-2H3. The molecule has 1 saturated heterocycles. The van der Waals surface area contributed by atoms with Gasteiger partial charge < -0.3 is 15.0 Å². The average molecular weight is 280 g/mol. The van der Waals surface area contributed by atoms with Gasteiger partial charge in [-0.05, 0) is 37.2 Å². The molecule has 1 amide bonds. The number of ether oxygens (including phenoxy) is 1. The summed E-state index contributed by atoms with van der Waals surface area (Å²) in [6.07, 6.45) is 1.05. The molecule has 1 unspecified atom stereocenters. The predicted molar refractivity (Wildman–Crippen MR) is 77.8 cm³/mol. The molecule has 1 atom stereocenters. The topological polar surface area (TPSA) is 41.6 Å². The van der Waals surface area contributed by atoms with E-state index in [-0.39, 0.29) is 5.91 Å². The SMILES string of the molecule is COc1ccc(SCC(=O)N(C)C2CCNC2)cc1. The third-order valence-corrected chi connectivity index (χ3v) is 4.39. The van der Waals surface area contributed by atoms with Gasteiger partial charge in [0.1, 0.15) is 5.75 Å². The lowest BCUT2D eigenvalue weighted by molar-refractivity contribution is -0.128. The van der Waals surface area contributed by atoms with Crippen LogP contribution in [0.2, 0.25) is 0 Å². The van der Waals surface area contributed by atoms with Gasteiger partial charge in [0.15, 0.2) is 0 Å². The second kappa shape index (κ2) is 6.82. The fourth-order valence-electron chi connectivity index (χ4n) is 2.09. The number of rotatable bonds is 5. The van der Waals surface area contributed by atoms with E-state index in [4.69, 9.17) is 4.74 Å². The van der Waals surface area contributed by atoms with E-state index in [1.54, 1.807) is 18.9 Å². The minimum Gasteiger partial charge on any atom is -0.497 e. The van der Waals surface area contributed by atoms with Gasteiger partial charge in [0.2, 0.25) is 5.91 Å². The molecule has 0 aliphatic carbocycles. The van der Waals surface area contributed by atoms with E-state index in [1.807, 2.05) is 36.2 Å². The van der Waals surface area contributed by atoms with Crippen LogP contribution in [0.25, 0.3) is 0 Å². The molecule has 1 heterocycles. The van der Waals surface area contributed by atoms with Crippen molar-refractivity contribution in [3.8, 4) is 5.75 Å². The molecular formula is C14H20N2O2S. The van der Waals surface area contributed by atoms with Gasteiger partial charge in [-0.1, -0.05) is 0 Å². The van der Waals surface area contributed by atoms with Gasteiger partial charge in [-0.25, -0.2) is 0 Å². The van der Waals surface area contributed by atoms with Gasteiger partial charge in [-0.3, -0.25) is 4.79 Å². The first-order valence-electron chi connectivity index (χ1n) is 6.44. The summed E-state index contributed by atoms with van der Waals surface area (Å²) in [4.78, 5) is 15.0. The molecule has 1 aliphatic heterocycles. The van der Waals surface area contributed by atoms with E-state index >= 15 is 0 Å². The Morgan fingerprint density at radius 2 is 2.21 bits per heavy atom. The normalized spacial score (nSPS) is 18.3. The highest BCUT2D eigenvalue weighted by molar-refractivity contribution is 8.00. The first-order chi connectivity index (χ1) is 9.20. The molecule has 1 N–H and O–H groups in total. The molecule has 1 aliphatic rings. The summed E-state index contributed by atoms with van der Waals surface area (Å²) in [7, 11) is 3.55. The maximum Gasteiger partial charge on any atom is 0.232 e. The van der Waals surface area contributed by atoms with Gasteiger partial charge >= 0.3 is 0 Å². The Bertz CT molecular complexity index is 416. The van der Waals surface area contributed by atoms with Crippen LogP contribution in [-0.4, -0.2) is 49.8 Å². The number of nitrogens with zero attached hydrogens (tertiary/aromatic N) is 1. The molecule has 1 fully saturated rings. The molecule has 19 heavy (non-hydrogen) atoms. The molecule has 0 bridgehead atoms. The summed E-state index contributed by atoms with van der Waals surface area (Å²) >= 11 is 1.57. The first-order valence-corrected chi connectivity index (χ1v) is 7.42. The molecule has 4 nitrogen and oxygen atoms in total. The number of nitrogens with one attached hydrogen (secondary N) is 1. The Kier molecular flexibility index (Phi) is 5.10. The minimum absolute atomic E-state index is 0.189. The number of thioether (sulfide) groups is 1. The Labute approximate surface area is 118 Å². The van der Waals surface area contributed by atoms with Crippen LogP contribution >= 0.6 is 11.8 Å². The average Bonchev–Trinajstić information content (AvgIpc) is 2.98. The Morgan fingerprint density at radius 3 is 2.79 bits per heavy atom. The maximum atomic E-state index is 12.1. The first kappa shape index (κ1) is 14.2. The van der Waals surface area contributed by atoms with Crippen molar-refractivity contribution in [1.82, 2.24) is 10.2 Å². The van der Waals surface area contributed by atoms with E-state index in [9.17, 15) is 4.79 Å². The van der Waals surface area contributed by atoms with Gasteiger partial charge in [0.05, 0.1) is 12.9 Å². The van der Waals surface area contributed by atoms with Crippen molar-refractivity contribution >= 4 is 17.7 Å². The third-order valence-electron chi connectivity index (χ3n) is 3.40. The zero-order valence-corrected chi connectivity index (χ0v) is 12.2. The summed E-state index contributed by atoms with van der Waals surface area (Å²) in [6.45, 7) is 1.92. The van der Waals surface area contributed by atoms with E-state index in [2.05, 4.69) is 5.32 Å². The van der Waals surface area contributed by atoms with Crippen LogP contribution in [0.5, 0.6) is 5.75 Å². The van der Waals surface area contributed by atoms with Crippen molar-refractivity contribution in [2.75, 3.05) is 33.0 Å². The lowest BCUT2D eigenvalue weighted by atomic mass is 10.2. The van der Waals surface area contributed by atoms with Crippen LogP contribution in [0.1, 0.15) is 6.42 Å². The van der Waals surface area contributed by atoms with Crippen LogP contribution in [-0.2, 0) is 4.79 Å². The summed E-state index contributed by atoms with van der Waals surface area (Å²) in [5.41, 5.74) is 0.